The van der Waals surface area contributed by atoms with Crippen LogP contribution in [0.15, 0.2) is 0 Å². The summed E-state index contributed by atoms with van der Waals surface area (Å²) in [6.45, 7) is 2.41. The van der Waals surface area contributed by atoms with Gasteiger partial charge in [0, 0.05) is 12.2 Å². The molecule has 0 atom stereocenters. The minimum atomic E-state index is -0.659. The molecule has 18 heavy (non-hydrogen) atoms. The van der Waals surface area contributed by atoms with E-state index in [4.69, 9.17) is 10.2 Å². The van der Waals surface area contributed by atoms with Gasteiger partial charge in [-0.3, -0.25) is 4.79 Å². The maximum Gasteiger partial charge on any atom is 0.303 e. The zero-order valence-corrected chi connectivity index (χ0v) is 12.6. The Balaban J connectivity index is 0. The number of unbranched alkanes of at least 4 members (excludes halogenated alkanes) is 8. The van der Waals surface area contributed by atoms with Crippen molar-refractivity contribution in [1.82, 2.24) is 0 Å². The average Bonchev–Trinajstić information content (AvgIpc) is 2.37. The first kappa shape index (κ1) is 20.1. The standard InChI is InChI=1S/C12H24O2.C2H6OS/c1-2-3-4-5-6-7-8-9-10-11-12(13)14;3-1-2-4/h2-11H2,1H3,(H,13,14);3-4H,1-2H2. The fraction of sp³-hybridized carbons (Fsp3) is 0.929. The molecule has 0 saturated heterocycles. The fourth-order valence-corrected chi connectivity index (χ4v) is 1.59. The second-order valence-corrected chi connectivity index (χ2v) is 4.87. The first-order chi connectivity index (χ1) is 8.68. The molecule has 0 amide bonds. The molecule has 0 rings (SSSR count). The number of hydrogen-bond acceptors (Lipinski definition) is 3. The van der Waals surface area contributed by atoms with Gasteiger partial charge < -0.3 is 10.2 Å². The lowest BCUT2D eigenvalue weighted by molar-refractivity contribution is -0.137. The lowest BCUT2D eigenvalue weighted by Gasteiger charge is -2.00. The van der Waals surface area contributed by atoms with E-state index in [-0.39, 0.29) is 6.61 Å². The van der Waals surface area contributed by atoms with Gasteiger partial charge >= 0.3 is 5.97 Å². The Labute approximate surface area is 117 Å². The molecule has 4 heteroatoms. The predicted octanol–water partition coefficient (Wildman–Crippen LogP) is 3.90. The van der Waals surface area contributed by atoms with Crippen molar-refractivity contribution >= 4 is 18.6 Å². The van der Waals surface area contributed by atoms with E-state index in [1.54, 1.807) is 0 Å². The van der Waals surface area contributed by atoms with Gasteiger partial charge in [-0.2, -0.15) is 12.6 Å². The molecule has 0 aliphatic rings. The van der Waals surface area contributed by atoms with Crippen LogP contribution < -0.4 is 0 Å². The number of carboxylic acids is 1. The van der Waals surface area contributed by atoms with E-state index >= 15 is 0 Å². The van der Waals surface area contributed by atoms with Gasteiger partial charge in [-0.15, -0.1) is 0 Å². The van der Waals surface area contributed by atoms with Crippen molar-refractivity contribution in [2.24, 2.45) is 0 Å². The van der Waals surface area contributed by atoms with Crippen molar-refractivity contribution in [3.05, 3.63) is 0 Å². The molecule has 0 aromatic carbocycles. The number of carbonyl (C=O) groups is 1. The van der Waals surface area contributed by atoms with Gasteiger partial charge in [0.1, 0.15) is 0 Å². The largest absolute Gasteiger partial charge is 0.481 e. The van der Waals surface area contributed by atoms with Crippen LogP contribution in [0.5, 0.6) is 0 Å². The summed E-state index contributed by atoms with van der Waals surface area (Å²) in [6, 6.07) is 0. The lowest BCUT2D eigenvalue weighted by Crippen LogP contribution is -1.93. The van der Waals surface area contributed by atoms with Crippen LogP contribution in [0.2, 0.25) is 0 Å². The number of aliphatic hydroxyl groups is 1. The summed E-state index contributed by atoms with van der Waals surface area (Å²) in [5.41, 5.74) is 0. The van der Waals surface area contributed by atoms with E-state index in [2.05, 4.69) is 19.6 Å². The monoisotopic (exact) mass is 278 g/mol. The summed E-state index contributed by atoms with van der Waals surface area (Å²) in [6.07, 6.45) is 11.5. The molecule has 0 saturated carbocycles. The van der Waals surface area contributed by atoms with Gasteiger partial charge in [0.25, 0.3) is 0 Å². The number of aliphatic hydroxyl groups excluding tert-OH is 1. The van der Waals surface area contributed by atoms with E-state index in [1.165, 1.54) is 44.9 Å². The topological polar surface area (TPSA) is 57.5 Å². The van der Waals surface area contributed by atoms with Crippen LogP contribution in [-0.4, -0.2) is 28.5 Å². The molecule has 0 bridgehead atoms. The summed E-state index contributed by atoms with van der Waals surface area (Å²) < 4.78 is 0. The minimum Gasteiger partial charge on any atom is -0.481 e. The van der Waals surface area contributed by atoms with E-state index in [9.17, 15) is 4.79 Å². The van der Waals surface area contributed by atoms with E-state index in [1.807, 2.05) is 0 Å². The summed E-state index contributed by atoms with van der Waals surface area (Å²) in [7, 11) is 0. The summed E-state index contributed by atoms with van der Waals surface area (Å²) in [5, 5.41) is 16.2. The Kier molecular flexibility index (Phi) is 21.4. The van der Waals surface area contributed by atoms with Crippen LogP contribution in [-0.2, 0) is 4.79 Å². The third-order valence-electron chi connectivity index (χ3n) is 2.59. The van der Waals surface area contributed by atoms with Crippen molar-refractivity contribution in [3.63, 3.8) is 0 Å². The fourth-order valence-electron chi connectivity index (χ4n) is 1.59. The second-order valence-electron chi connectivity index (χ2n) is 4.42. The van der Waals surface area contributed by atoms with Crippen LogP contribution in [0.3, 0.4) is 0 Å². The SMILES string of the molecule is CCCCCCCCCCCC(=O)O.OCCS. The molecule has 110 valence electrons. The molecular formula is C14H30O3S. The van der Waals surface area contributed by atoms with Gasteiger partial charge in [0.2, 0.25) is 0 Å². The third kappa shape index (κ3) is 24.8. The third-order valence-corrected chi connectivity index (χ3v) is 2.79. The van der Waals surface area contributed by atoms with Crippen LogP contribution in [0.25, 0.3) is 0 Å². The maximum atomic E-state index is 10.2. The average molecular weight is 278 g/mol. The molecule has 0 unspecified atom stereocenters. The quantitative estimate of drug-likeness (QED) is 0.397. The summed E-state index contributed by atoms with van der Waals surface area (Å²) in [5.74, 6) is -0.0899. The number of hydrogen-bond donors (Lipinski definition) is 3. The molecule has 0 aromatic heterocycles. The van der Waals surface area contributed by atoms with Gasteiger partial charge in [0.05, 0.1) is 6.61 Å². The Hall–Kier alpha value is -0.220. The molecule has 0 spiro atoms. The molecule has 0 radical (unpaired) electrons. The Bertz CT molecular complexity index is 161. The van der Waals surface area contributed by atoms with E-state index < -0.39 is 5.97 Å². The molecule has 0 fully saturated rings. The molecule has 0 heterocycles. The summed E-state index contributed by atoms with van der Waals surface area (Å²) >= 11 is 3.67. The van der Waals surface area contributed by atoms with Crippen molar-refractivity contribution in [1.29, 1.82) is 0 Å². The molecule has 0 aromatic rings. The minimum absolute atomic E-state index is 0.184. The Morgan fingerprint density at radius 1 is 0.944 bits per heavy atom. The highest BCUT2D eigenvalue weighted by Crippen LogP contribution is 2.10. The number of thiol groups is 1. The van der Waals surface area contributed by atoms with Gasteiger partial charge in [0.15, 0.2) is 0 Å². The Morgan fingerprint density at radius 2 is 1.33 bits per heavy atom. The number of aliphatic carboxylic acids is 1. The van der Waals surface area contributed by atoms with Crippen LogP contribution >= 0.6 is 12.6 Å². The second kappa shape index (κ2) is 19.1. The lowest BCUT2D eigenvalue weighted by atomic mass is 10.1. The smallest absolute Gasteiger partial charge is 0.303 e. The summed E-state index contributed by atoms with van der Waals surface area (Å²) in [4.78, 5) is 10.2. The first-order valence-electron chi connectivity index (χ1n) is 7.12. The molecule has 3 nitrogen and oxygen atoms in total. The van der Waals surface area contributed by atoms with E-state index in [0.29, 0.717) is 12.2 Å². The van der Waals surface area contributed by atoms with E-state index in [0.717, 1.165) is 12.8 Å². The van der Waals surface area contributed by atoms with Crippen molar-refractivity contribution in [2.45, 2.75) is 71.1 Å². The first-order valence-corrected chi connectivity index (χ1v) is 7.75. The van der Waals surface area contributed by atoms with Gasteiger partial charge in [-0.25, -0.2) is 0 Å². The van der Waals surface area contributed by atoms with Crippen LogP contribution in [0.4, 0.5) is 0 Å². The van der Waals surface area contributed by atoms with Crippen molar-refractivity contribution in [3.8, 4) is 0 Å². The van der Waals surface area contributed by atoms with Gasteiger partial charge in [-0.05, 0) is 6.42 Å². The molecule has 0 aliphatic carbocycles. The van der Waals surface area contributed by atoms with Gasteiger partial charge in [-0.1, -0.05) is 58.3 Å². The van der Waals surface area contributed by atoms with Crippen LogP contribution in [0.1, 0.15) is 71.1 Å². The molecular weight excluding hydrogens is 248 g/mol. The highest BCUT2D eigenvalue weighted by molar-refractivity contribution is 7.80. The normalized spacial score (nSPS) is 9.72. The zero-order valence-electron chi connectivity index (χ0n) is 11.7. The zero-order chi connectivity index (χ0) is 14.1. The Morgan fingerprint density at radius 3 is 1.67 bits per heavy atom. The van der Waals surface area contributed by atoms with Crippen molar-refractivity contribution in [2.75, 3.05) is 12.4 Å². The molecule has 2 N–H and O–H groups in total. The molecule has 0 aliphatic heterocycles. The number of carboxylic acid groups (broad SMARTS) is 1. The highest BCUT2D eigenvalue weighted by atomic mass is 32.1. The predicted molar refractivity (Wildman–Crippen MR) is 80.4 cm³/mol. The number of rotatable bonds is 11. The van der Waals surface area contributed by atoms with Crippen molar-refractivity contribution < 1.29 is 15.0 Å². The maximum absolute atomic E-state index is 10.2. The highest BCUT2D eigenvalue weighted by Gasteiger charge is 1.96. The van der Waals surface area contributed by atoms with Crippen LogP contribution in [0, 0.1) is 0 Å².